The molecule has 0 saturated carbocycles. The molecule has 5 aromatic heterocycles. The van der Waals surface area contributed by atoms with Crippen LogP contribution in [0, 0.1) is 0 Å². The van der Waals surface area contributed by atoms with Crippen molar-refractivity contribution in [2.75, 3.05) is 0 Å². The first-order valence-corrected chi connectivity index (χ1v) is 10.6. The van der Waals surface area contributed by atoms with Gasteiger partial charge in [0, 0.05) is 35.4 Å². The fourth-order valence-corrected chi connectivity index (χ4v) is 4.72. The van der Waals surface area contributed by atoms with Crippen LogP contribution >= 0.6 is 0 Å². The summed E-state index contributed by atoms with van der Waals surface area (Å²) in [4.78, 5) is 14.1. The minimum Gasteiger partial charge on any atom is -0.308 e. The number of hydrogen-bond acceptors (Lipinski definition) is 3. The molecule has 0 bridgehead atoms. The topological polar surface area (TPSA) is 48.5 Å². The Balaban J connectivity index is 1.71. The van der Waals surface area contributed by atoms with Crippen molar-refractivity contribution in [1.29, 1.82) is 0 Å². The third kappa shape index (κ3) is 2.30. The predicted octanol–water partition coefficient (Wildman–Crippen LogP) is 6.07. The predicted molar refractivity (Wildman–Crippen MR) is 129 cm³/mol. The molecule has 7 rings (SSSR count). The van der Waals surface area contributed by atoms with Crippen LogP contribution in [0.1, 0.15) is 0 Å². The maximum Gasteiger partial charge on any atom is 0.116 e. The molecule has 0 aliphatic carbocycles. The average molecular weight is 411 g/mol. The fraction of sp³-hybridized carbons (Fsp3) is 0. The van der Waals surface area contributed by atoms with E-state index in [1.165, 1.54) is 0 Å². The maximum absolute atomic E-state index is 5.21. The summed E-state index contributed by atoms with van der Waals surface area (Å²) in [6, 6.07) is 29.2. The number of fused-ring (bicyclic) bond motifs is 6. The van der Waals surface area contributed by atoms with Gasteiger partial charge >= 0.3 is 0 Å². The highest BCUT2D eigenvalue weighted by molar-refractivity contribution is 6.14. The minimum absolute atomic E-state index is 0.901. The number of rotatable bonds is 2. The highest BCUT2D eigenvalue weighted by Crippen LogP contribution is 2.36. The Morgan fingerprint density at radius 2 is 1.19 bits per heavy atom. The van der Waals surface area contributed by atoms with Gasteiger partial charge in [-0.25, -0.2) is 4.98 Å². The lowest BCUT2D eigenvalue weighted by Gasteiger charge is -2.09. The van der Waals surface area contributed by atoms with Gasteiger partial charge in [0.2, 0.25) is 0 Å². The molecule has 5 heterocycles. The zero-order chi connectivity index (χ0) is 21.1. The molecule has 0 saturated heterocycles. The second kappa shape index (κ2) is 6.49. The molecule has 7 aromatic rings. The molecular formula is C27H17N5. The summed E-state index contributed by atoms with van der Waals surface area (Å²) < 4.78 is 4.51. The molecule has 0 fully saturated rings. The number of hydrogen-bond donors (Lipinski definition) is 0. The molecule has 2 aromatic carbocycles. The number of pyridine rings is 3. The van der Waals surface area contributed by atoms with Crippen LogP contribution in [0.15, 0.2) is 104 Å². The van der Waals surface area contributed by atoms with E-state index in [4.69, 9.17) is 9.97 Å². The van der Waals surface area contributed by atoms with Crippen molar-refractivity contribution in [3.8, 4) is 11.4 Å². The third-order valence-electron chi connectivity index (χ3n) is 6.05. The quantitative estimate of drug-likeness (QED) is 0.347. The number of benzene rings is 2. The zero-order valence-corrected chi connectivity index (χ0v) is 17.1. The molecule has 0 N–H and O–H groups in total. The number of nitrogens with zero attached hydrogens (tertiary/aromatic N) is 5. The largest absolute Gasteiger partial charge is 0.308 e. The summed E-state index contributed by atoms with van der Waals surface area (Å²) in [5.41, 5.74) is 9.21. The lowest BCUT2D eigenvalue weighted by atomic mass is 10.2. The van der Waals surface area contributed by atoms with Gasteiger partial charge in [-0.3, -0.25) is 9.97 Å². The van der Waals surface area contributed by atoms with Gasteiger partial charge in [-0.15, -0.1) is 0 Å². The first-order valence-electron chi connectivity index (χ1n) is 10.6. The summed E-state index contributed by atoms with van der Waals surface area (Å²) in [5.74, 6) is 0. The number of aromatic nitrogens is 5. The Kier molecular flexibility index (Phi) is 3.49. The van der Waals surface area contributed by atoms with Crippen molar-refractivity contribution in [3.05, 3.63) is 104 Å². The van der Waals surface area contributed by atoms with Crippen LogP contribution in [0.3, 0.4) is 0 Å². The molecule has 5 nitrogen and oxygen atoms in total. The molecule has 0 aliphatic heterocycles. The van der Waals surface area contributed by atoms with Crippen LogP contribution in [-0.4, -0.2) is 24.1 Å². The SMILES string of the molecule is c1ccc(-n2c3ccccc3c3nc4c5ncccc5n(-c5ccncc5)c4cc32)cc1. The summed E-state index contributed by atoms with van der Waals surface area (Å²) in [6.45, 7) is 0. The summed E-state index contributed by atoms with van der Waals surface area (Å²) >= 11 is 0. The normalized spacial score (nSPS) is 11.8. The van der Waals surface area contributed by atoms with Gasteiger partial charge in [-0.1, -0.05) is 36.4 Å². The van der Waals surface area contributed by atoms with E-state index in [1.807, 2.05) is 42.9 Å². The summed E-state index contributed by atoms with van der Waals surface area (Å²) in [5, 5.41) is 1.13. The standard InChI is InChI=1S/C27H17N5/c1-2-7-18(8-3-1)31-21-10-5-4-9-20(21)25-23(31)17-24-27(30-25)26-22(11-6-14-29-26)32(24)19-12-15-28-16-13-19/h1-17H. The molecule has 32 heavy (non-hydrogen) atoms. The van der Waals surface area contributed by atoms with Gasteiger partial charge < -0.3 is 9.13 Å². The molecule has 0 atom stereocenters. The maximum atomic E-state index is 5.21. The molecule has 0 aliphatic rings. The van der Waals surface area contributed by atoms with E-state index in [0.29, 0.717) is 0 Å². The molecule has 0 amide bonds. The Morgan fingerprint density at radius 1 is 0.500 bits per heavy atom. The molecule has 5 heteroatoms. The third-order valence-corrected chi connectivity index (χ3v) is 6.05. The van der Waals surface area contributed by atoms with Crippen molar-refractivity contribution in [1.82, 2.24) is 24.1 Å². The molecular weight excluding hydrogens is 394 g/mol. The van der Waals surface area contributed by atoms with Crippen molar-refractivity contribution in [2.24, 2.45) is 0 Å². The van der Waals surface area contributed by atoms with Gasteiger partial charge in [0.1, 0.15) is 11.0 Å². The van der Waals surface area contributed by atoms with E-state index in [1.54, 1.807) is 0 Å². The van der Waals surface area contributed by atoms with Gasteiger partial charge in [0.15, 0.2) is 0 Å². The second-order valence-electron chi connectivity index (χ2n) is 7.82. The highest BCUT2D eigenvalue weighted by atomic mass is 15.0. The minimum atomic E-state index is 0.901. The van der Waals surface area contributed by atoms with E-state index < -0.39 is 0 Å². The highest BCUT2D eigenvalue weighted by Gasteiger charge is 2.19. The van der Waals surface area contributed by atoms with Crippen molar-refractivity contribution < 1.29 is 0 Å². The van der Waals surface area contributed by atoms with Crippen molar-refractivity contribution in [3.63, 3.8) is 0 Å². The summed E-state index contributed by atoms with van der Waals surface area (Å²) in [7, 11) is 0. The Bertz CT molecular complexity index is 1630. The number of para-hydroxylation sites is 2. The Morgan fingerprint density at radius 3 is 2.06 bits per heavy atom. The van der Waals surface area contributed by atoms with Crippen LogP contribution in [0.4, 0.5) is 0 Å². The van der Waals surface area contributed by atoms with Crippen molar-refractivity contribution in [2.45, 2.75) is 0 Å². The van der Waals surface area contributed by atoms with E-state index >= 15 is 0 Å². The van der Waals surface area contributed by atoms with Crippen molar-refractivity contribution >= 4 is 44.0 Å². The van der Waals surface area contributed by atoms with Gasteiger partial charge in [-0.05, 0) is 48.5 Å². The monoisotopic (exact) mass is 411 g/mol. The van der Waals surface area contributed by atoms with Gasteiger partial charge in [0.05, 0.1) is 27.6 Å². The van der Waals surface area contributed by atoms with E-state index in [0.717, 1.165) is 55.4 Å². The van der Waals surface area contributed by atoms with E-state index in [-0.39, 0.29) is 0 Å². The molecule has 0 radical (unpaired) electrons. The Hall–Kier alpha value is -4.51. The zero-order valence-electron chi connectivity index (χ0n) is 17.1. The average Bonchev–Trinajstić information content (AvgIpc) is 3.36. The fourth-order valence-electron chi connectivity index (χ4n) is 4.72. The molecule has 150 valence electrons. The Labute approximate surface area is 183 Å². The molecule has 0 unspecified atom stereocenters. The van der Waals surface area contributed by atoms with Gasteiger partial charge in [-0.2, -0.15) is 0 Å². The molecule has 0 spiro atoms. The van der Waals surface area contributed by atoms with Crippen LogP contribution in [0.2, 0.25) is 0 Å². The van der Waals surface area contributed by atoms with Gasteiger partial charge in [0.25, 0.3) is 0 Å². The van der Waals surface area contributed by atoms with Crippen LogP contribution < -0.4 is 0 Å². The van der Waals surface area contributed by atoms with Crippen LogP contribution in [-0.2, 0) is 0 Å². The van der Waals surface area contributed by atoms with Crippen LogP contribution in [0.25, 0.3) is 55.4 Å². The smallest absolute Gasteiger partial charge is 0.116 e. The van der Waals surface area contributed by atoms with Crippen LogP contribution in [0.5, 0.6) is 0 Å². The lowest BCUT2D eigenvalue weighted by Crippen LogP contribution is -1.96. The summed E-state index contributed by atoms with van der Waals surface area (Å²) in [6.07, 6.45) is 5.46. The first-order chi connectivity index (χ1) is 15.9. The lowest BCUT2D eigenvalue weighted by molar-refractivity contribution is 1.14. The van der Waals surface area contributed by atoms with E-state index in [9.17, 15) is 0 Å². The second-order valence-corrected chi connectivity index (χ2v) is 7.82. The van der Waals surface area contributed by atoms with E-state index in [2.05, 4.69) is 74.8 Å². The first kappa shape index (κ1) is 17.2.